The summed E-state index contributed by atoms with van der Waals surface area (Å²) in [5.74, 6) is 0.367. The van der Waals surface area contributed by atoms with Crippen molar-refractivity contribution in [2.45, 2.75) is 39.2 Å². The van der Waals surface area contributed by atoms with Crippen LogP contribution >= 0.6 is 0 Å². The summed E-state index contributed by atoms with van der Waals surface area (Å²) in [5.41, 5.74) is -0.144. The van der Waals surface area contributed by atoms with Gasteiger partial charge in [0.2, 0.25) is 0 Å². The lowest BCUT2D eigenvalue weighted by Crippen LogP contribution is -2.62. The van der Waals surface area contributed by atoms with Gasteiger partial charge >= 0.3 is 6.09 Å². The number of alkyl carbamates (subject to hydrolysis) is 1. The highest BCUT2D eigenvalue weighted by Crippen LogP contribution is 2.24. The molecule has 1 amide bonds. The van der Waals surface area contributed by atoms with Crippen LogP contribution < -0.4 is 5.32 Å². The predicted octanol–water partition coefficient (Wildman–Crippen LogP) is 1.47. The van der Waals surface area contributed by atoms with E-state index in [0.717, 1.165) is 65.2 Å². The number of likely N-dealkylation sites (tertiary alicyclic amines) is 1. The highest BCUT2D eigenvalue weighted by Gasteiger charge is 2.37. The maximum absolute atomic E-state index is 12.3. The Bertz CT molecular complexity index is 386. The molecule has 0 spiro atoms. The molecular weight excluding hydrogens is 304 g/mol. The number of hydrogen-bond acceptors (Lipinski definition) is 5. The molecule has 1 N–H and O–H groups in total. The third-order valence-electron chi connectivity index (χ3n) is 5.30. The Labute approximate surface area is 147 Å². The lowest BCUT2D eigenvalue weighted by Gasteiger charge is -2.45. The smallest absolute Gasteiger partial charge is 0.407 e. The Morgan fingerprint density at radius 3 is 2.21 bits per heavy atom. The van der Waals surface area contributed by atoms with Crippen LogP contribution in [0.25, 0.3) is 0 Å². The molecule has 2 heterocycles. The van der Waals surface area contributed by atoms with E-state index in [2.05, 4.69) is 47.8 Å². The number of nitrogens with one attached hydrogen (secondary N) is 1. The topological polar surface area (TPSA) is 48.1 Å². The number of piperidine rings is 1. The molecule has 2 aliphatic rings. The number of rotatable bonds is 6. The molecule has 0 aromatic rings. The van der Waals surface area contributed by atoms with E-state index in [9.17, 15) is 4.79 Å². The number of hydrogen-bond donors (Lipinski definition) is 1. The fraction of sp³-hybridized carbons (Fsp3) is 0.944. The van der Waals surface area contributed by atoms with Crippen LogP contribution in [-0.2, 0) is 4.74 Å². The Balaban J connectivity index is 1.92. The molecule has 2 rings (SSSR count). The third kappa shape index (κ3) is 5.90. The standard InChI is InChI=1S/C18H36N4O2/c1-5-21-10-12-22(13-11-21)15-18(6-8-20(4)9-7-18)19-17(23)24-14-16(2)3/h16H,5-15H2,1-4H3,(H,19,23). The van der Waals surface area contributed by atoms with Gasteiger partial charge in [0, 0.05) is 45.8 Å². The van der Waals surface area contributed by atoms with E-state index in [1.807, 2.05) is 0 Å². The second-order valence-electron chi connectivity index (χ2n) is 7.91. The highest BCUT2D eigenvalue weighted by molar-refractivity contribution is 5.68. The van der Waals surface area contributed by atoms with E-state index in [0.29, 0.717) is 12.5 Å². The van der Waals surface area contributed by atoms with Gasteiger partial charge in [0.1, 0.15) is 0 Å². The monoisotopic (exact) mass is 340 g/mol. The first-order valence-electron chi connectivity index (χ1n) is 9.50. The minimum atomic E-state index is -0.250. The third-order valence-corrected chi connectivity index (χ3v) is 5.30. The van der Waals surface area contributed by atoms with Crippen LogP contribution in [0.1, 0.15) is 33.6 Å². The minimum Gasteiger partial charge on any atom is -0.449 e. The van der Waals surface area contributed by atoms with E-state index in [-0.39, 0.29) is 11.6 Å². The van der Waals surface area contributed by atoms with Crippen molar-refractivity contribution in [2.75, 3.05) is 66.0 Å². The van der Waals surface area contributed by atoms with Crippen molar-refractivity contribution < 1.29 is 9.53 Å². The number of ether oxygens (including phenoxy) is 1. The van der Waals surface area contributed by atoms with Gasteiger partial charge in [-0.05, 0) is 32.4 Å². The van der Waals surface area contributed by atoms with E-state index in [1.165, 1.54) is 0 Å². The molecule has 0 unspecified atom stereocenters. The van der Waals surface area contributed by atoms with Crippen molar-refractivity contribution >= 4 is 6.09 Å². The quantitative estimate of drug-likeness (QED) is 0.793. The van der Waals surface area contributed by atoms with E-state index in [1.54, 1.807) is 0 Å². The fourth-order valence-electron chi connectivity index (χ4n) is 3.56. The zero-order valence-corrected chi connectivity index (χ0v) is 16.0. The molecule has 0 saturated carbocycles. The maximum Gasteiger partial charge on any atom is 0.407 e. The first-order valence-corrected chi connectivity index (χ1v) is 9.50. The van der Waals surface area contributed by atoms with Crippen LogP contribution in [-0.4, -0.2) is 92.3 Å². The summed E-state index contributed by atoms with van der Waals surface area (Å²) in [6.07, 6.45) is 1.74. The number of carbonyl (C=O) groups excluding carboxylic acids is 1. The van der Waals surface area contributed by atoms with Gasteiger partial charge in [-0.25, -0.2) is 4.79 Å². The number of amides is 1. The summed E-state index contributed by atoms with van der Waals surface area (Å²) in [7, 11) is 2.15. The summed E-state index contributed by atoms with van der Waals surface area (Å²) in [6.45, 7) is 15.4. The molecule has 0 atom stereocenters. The zero-order chi connectivity index (χ0) is 17.6. The Kier molecular flexibility index (Phi) is 7.32. The van der Waals surface area contributed by atoms with Crippen molar-refractivity contribution in [1.82, 2.24) is 20.0 Å². The highest BCUT2D eigenvalue weighted by atomic mass is 16.5. The van der Waals surface area contributed by atoms with Crippen LogP contribution in [0.4, 0.5) is 4.79 Å². The number of likely N-dealkylation sites (N-methyl/N-ethyl adjacent to an activating group) is 1. The summed E-state index contributed by atoms with van der Waals surface area (Å²) in [4.78, 5) is 19.6. The summed E-state index contributed by atoms with van der Waals surface area (Å²) >= 11 is 0. The van der Waals surface area contributed by atoms with E-state index < -0.39 is 0 Å². The molecule has 24 heavy (non-hydrogen) atoms. The molecule has 2 aliphatic heterocycles. The van der Waals surface area contributed by atoms with Crippen LogP contribution in [0.2, 0.25) is 0 Å². The molecule has 0 bridgehead atoms. The number of carbonyl (C=O) groups is 1. The van der Waals surface area contributed by atoms with Crippen molar-refractivity contribution in [3.8, 4) is 0 Å². The number of piperazine rings is 1. The predicted molar refractivity (Wildman–Crippen MR) is 97.3 cm³/mol. The largest absolute Gasteiger partial charge is 0.449 e. The van der Waals surface area contributed by atoms with Crippen molar-refractivity contribution in [2.24, 2.45) is 5.92 Å². The summed E-state index contributed by atoms with van der Waals surface area (Å²) in [5, 5.41) is 3.24. The number of nitrogens with zero attached hydrogens (tertiary/aromatic N) is 3. The van der Waals surface area contributed by atoms with Crippen LogP contribution in [0.5, 0.6) is 0 Å². The van der Waals surface area contributed by atoms with Gasteiger partial charge < -0.3 is 19.9 Å². The van der Waals surface area contributed by atoms with Gasteiger partial charge in [0.25, 0.3) is 0 Å². The normalized spacial score (nSPS) is 23.4. The van der Waals surface area contributed by atoms with Gasteiger partial charge in [-0.2, -0.15) is 0 Å². The van der Waals surface area contributed by atoms with E-state index in [4.69, 9.17) is 4.74 Å². The van der Waals surface area contributed by atoms with Crippen molar-refractivity contribution in [3.63, 3.8) is 0 Å². The molecule has 2 fully saturated rings. The van der Waals surface area contributed by atoms with Gasteiger partial charge in [0.15, 0.2) is 0 Å². The molecule has 0 aliphatic carbocycles. The van der Waals surface area contributed by atoms with Crippen molar-refractivity contribution in [3.05, 3.63) is 0 Å². The molecule has 2 saturated heterocycles. The first-order chi connectivity index (χ1) is 11.4. The molecule has 6 nitrogen and oxygen atoms in total. The zero-order valence-electron chi connectivity index (χ0n) is 16.0. The lowest BCUT2D eigenvalue weighted by atomic mass is 9.87. The Hall–Kier alpha value is -0.850. The summed E-state index contributed by atoms with van der Waals surface area (Å²) < 4.78 is 5.39. The van der Waals surface area contributed by atoms with Gasteiger partial charge in [0.05, 0.1) is 12.1 Å². The maximum atomic E-state index is 12.3. The van der Waals surface area contributed by atoms with Gasteiger partial charge in [-0.15, -0.1) is 0 Å². The minimum absolute atomic E-state index is 0.144. The molecule has 0 aromatic heterocycles. The Morgan fingerprint density at radius 1 is 1.08 bits per heavy atom. The second-order valence-corrected chi connectivity index (χ2v) is 7.91. The van der Waals surface area contributed by atoms with Crippen LogP contribution in [0, 0.1) is 5.92 Å². The molecule has 6 heteroatoms. The van der Waals surface area contributed by atoms with Crippen LogP contribution in [0.3, 0.4) is 0 Å². The first kappa shape index (κ1) is 19.5. The average Bonchev–Trinajstić information content (AvgIpc) is 2.56. The van der Waals surface area contributed by atoms with Gasteiger partial charge in [-0.3, -0.25) is 4.90 Å². The Morgan fingerprint density at radius 2 is 1.67 bits per heavy atom. The fourth-order valence-corrected chi connectivity index (χ4v) is 3.56. The molecular formula is C18H36N4O2. The summed E-state index contributed by atoms with van der Waals surface area (Å²) in [6, 6.07) is 0. The molecule has 0 aromatic carbocycles. The van der Waals surface area contributed by atoms with Crippen molar-refractivity contribution in [1.29, 1.82) is 0 Å². The molecule has 0 radical (unpaired) electrons. The van der Waals surface area contributed by atoms with Gasteiger partial charge in [-0.1, -0.05) is 20.8 Å². The average molecular weight is 341 g/mol. The van der Waals surface area contributed by atoms with Crippen LogP contribution in [0.15, 0.2) is 0 Å². The van der Waals surface area contributed by atoms with E-state index >= 15 is 0 Å². The lowest BCUT2D eigenvalue weighted by molar-refractivity contribution is 0.0615. The second kappa shape index (κ2) is 9.02. The molecule has 140 valence electrons. The SMILES string of the molecule is CCN1CCN(CC2(NC(=O)OCC(C)C)CCN(C)CC2)CC1.